The zero-order valence-electron chi connectivity index (χ0n) is 15.6. The van der Waals surface area contributed by atoms with Crippen molar-refractivity contribution in [1.82, 2.24) is 25.1 Å². The smallest absolute Gasteiger partial charge is 0.233 e. The van der Waals surface area contributed by atoms with E-state index in [1.165, 1.54) is 18.9 Å². The molecule has 0 radical (unpaired) electrons. The average molecular weight is 402 g/mol. The Bertz CT molecular complexity index is 986. The second-order valence-corrected chi connectivity index (χ2v) is 7.31. The summed E-state index contributed by atoms with van der Waals surface area (Å²) in [6, 6.07) is 6.46. The van der Waals surface area contributed by atoms with Gasteiger partial charge in [0, 0.05) is 24.1 Å². The Labute approximate surface area is 167 Å². The van der Waals surface area contributed by atoms with Gasteiger partial charge in [-0.15, -0.1) is 0 Å². The largest absolute Gasteiger partial charge is 0.348 e. The summed E-state index contributed by atoms with van der Waals surface area (Å²) in [4.78, 5) is 13.3. The predicted molar refractivity (Wildman–Crippen MR) is 106 cm³/mol. The molecule has 0 aliphatic heterocycles. The van der Waals surface area contributed by atoms with Gasteiger partial charge in [0.25, 0.3) is 0 Å². The summed E-state index contributed by atoms with van der Waals surface area (Å²) in [5, 5.41) is 13.8. The van der Waals surface area contributed by atoms with Crippen molar-refractivity contribution in [3.8, 4) is 0 Å². The molecule has 3 aromatic rings. The standard InChI is InChI=1S/C19H21ClFN7/c1-3-16-23-18(22-10(2)12-6-7-14(21)13(20)8-12)26-19(24-16)25-17-9-15(27-28-17)11-4-5-11/h6-11H,3-5H2,1-2H3,(H3,22,23,24,25,26,27,28). The van der Waals surface area contributed by atoms with Crippen molar-refractivity contribution < 1.29 is 4.39 Å². The van der Waals surface area contributed by atoms with Crippen molar-refractivity contribution in [3.05, 3.63) is 52.2 Å². The lowest BCUT2D eigenvalue weighted by atomic mass is 10.1. The molecule has 2 heterocycles. The lowest BCUT2D eigenvalue weighted by molar-refractivity contribution is 0.627. The van der Waals surface area contributed by atoms with Gasteiger partial charge in [0.05, 0.1) is 11.1 Å². The maximum absolute atomic E-state index is 13.4. The zero-order valence-corrected chi connectivity index (χ0v) is 16.4. The first-order valence-corrected chi connectivity index (χ1v) is 9.68. The van der Waals surface area contributed by atoms with Gasteiger partial charge in [0.2, 0.25) is 11.9 Å². The van der Waals surface area contributed by atoms with Crippen LogP contribution in [0.4, 0.5) is 22.1 Å². The number of benzene rings is 1. The first-order chi connectivity index (χ1) is 13.5. The second kappa shape index (κ2) is 7.71. The highest BCUT2D eigenvalue weighted by atomic mass is 35.5. The Hall–Kier alpha value is -2.74. The number of hydrogen-bond donors (Lipinski definition) is 3. The molecular weight excluding hydrogens is 381 g/mol. The van der Waals surface area contributed by atoms with Gasteiger partial charge in [-0.3, -0.25) is 5.10 Å². The third-order valence-electron chi connectivity index (χ3n) is 4.64. The fourth-order valence-electron chi connectivity index (χ4n) is 2.88. The first-order valence-electron chi connectivity index (χ1n) is 9.30. The van der Waals surface area contributed by atoms with Crippen LogP contribution >= 0.6 is 11.6 Å². The highest BCUT2D eigenvalue weighted by Crippen LogP contribution is 2.39. The van der Waals surface area contributed by atoms with Crippen molar-refractivity contribution >= 4 is 29.3 Å². The Kier molecular flexibility index (Phi) is 5.13. The average Bonchev–Trinajstić information content (AvgIpc) is 3.43. The minimum absolute atomic E-state index is 0.0865. The number of aryl methyl sites for hydroxylation is 1. The maximum Gasteiger partial charge on any atom is 0.233 e. The molecule has 1 aromatic carbocycles. The van der Waals surface area contributed by atoms with Crippen LogP contribution in [-0.2, 0) is 6.42 Å². The van der Waals surface area contributed by atoms with Gasteiger partial charge in [-0.2, -0.15) is 20.1 Å². The van der Waals surface area contributed by atoms with Gasteiger partial charge in [0.1, 0.15) is 11.6 Å². The maximum atomic E-state index is 13.4. The van der Waals surface area contributed by atoms with Crippen LogP contribution in [0.1, 0.15) is 55.7 Å². The van der Waals surface area contributed by atoms with Crippen LogP contribution in [0.15, 0.2) is 24.3 Å². The zero-order chi connectivity index (χ0) is 19.7. The SMILES string of the molecule is CCc1nc(Nc2cc(C3CC3)[nH]n2)nc(NC(C)c2ccc(F)c(Cl)c2)n1. The van der Waals surface area contributed by atoms with Crippen LogP contribution in [0.25, 0.3) is 0 Å². The number of aromatic nitrogens is 5. The van der Waals surface area contributed by atoms with Crippen molar-refractivity contribution in [2.24, 2.45) is 0 Å². The molecule has 1 aliphatic carbocycles. The normalized spacial score (nSPS) is 14.7. The molecule has 4 rings (SSSR count). The third-order valence-corrected chi connectivity index (χ3v) is 4.93. The van der Waals surface area contributed by atoms with Crippen molar-refractivity contribution in [2.75, 3.05) is 10.6 Å². The summed E-state index contributed by atoms with van der Waals surface area (Å²) < 4.78 is 13.4. The van der Waals surface area contributed by atoms with Gasteiger partial charge < -0.3 is 10.6 Å². The number of nitrogens with zero attached hydrogens (tertiary/aromatic N) is 4. The van der Waals surface area contributed by atoms with E-state index >= 15 is 0 Å². The van der Waals surface area contributed by atoms with E-state index in [4.69, 9.17) is 11.6 Å². The highest BCUT2D eigenvalue weighted by molar-refractivity contribution is 6.30. The Morgan fingerprint density at radius 1 is 1.21 bits per heavy atom. The molecular formula is C19H21ClFN7. The van der Waals surface area contributed by atoms with Crippen molar-refractivity contribution in [2.45, 2.75) is 45.1 Å². The Balaban J connectivity index is 1.52. The summed E-state index contributed by atoms with van der Waals surface area (Å²) in [6.45, 7) is 3.91. The highest BCUT2D eigenvalue weighted by Gasteiger charge is 2.25. The third kappa shape index (κ3) is 4.22. The summed E-state index contributed by atoms with van der Waals surface area (Å²) >= 11 is 5.89. The lowest BCUT2D eigenvalue weighted by Gasteiger charge is -2.15. The van der Waals surface area contributed by atoms with Gasteiger partial charge in [-0.05, 0) is 37.5 Å². The molecule has 0 amide bonds. The Morgan fingerprint density at radius 3 is 2.71 bits per heavy atom. The van der Waals surface area contributed by atoms with Crippen LogP contribution in [0, 0.1) is 5.82 Å². The summed E-state index contributed by atoms with van der Waals surface area (Å²) in [5.74, 6) is 2.34. The molecule has 9 heteroatoms. The second-order valence-electron chi connectivity index (χ2n) is 6.90. The number of halogens is 2. The molecule has 3 N–H and O–H groups in total. The molecule has 146 valence electrons. The van der Waals surface area contributed by atoms with Gasteiger partial charge in [-0.1, -0.05) is 24.6 Å². The number of anilines is 3. The topological polar surface area (TPSA) is 91.4 Å². The minimum atomic E-state index is -0.442. The summed E-state index contributed by atoms with van der Waals surface area (Å²) in [5.41, 5.74) is 1.97. The van der Waals surface area contributed by atoms with E-state index in [0.717, 1.165) is 11.3 Å². The van der Waals surface area contributed by atoms with E-state index in [1.54, 1.807) is 12.1 Å². The molecule has 0 saturated heterocycles. The number of H-pyrrole nitrogens is 1. The van der Waals surface area contributed by atoms with Crippen LogP contribution < -0.4 is 10.6 Å². The minimum Gasteiger partial charge on any atom is -0.348 e. The first kappa shape index (κ1) is 18.6. The van der Waals surface area contributed by atoms with E-state index < -0.39 is 5.82 Å². The van der Waals surface area contributed by atoms with Gasteiger partial charge in [0.15, 0.2) is 5.82 Å². The fraction of sp³-hybridized carbons (Fsp3) is 0.368. The van der Waals surface area contributed by atoms with Crippen molar-refractivity contribution in [1.29, 1.82) is 0 Å². The van der Waals surface area contributed by atoms with E-state index in [9.17, 15) is 4.39 Å². The molecule has 1 saturated carbocycles. The molecule has 2 aromatic heterocycles. The number of hydrogen-bond acceptors (Lipinski definition) is 6. The Morgan fingerprint density at radius 2 is 2.00 bits per heavy atom. The van der Waals surface area contributed by atoms with Crippen LogP contribution in [0.3, 0.4) is 0 Å². The molecule has 0 spiro atoms. The monoisotopic (exact) mass is 401 g/mol. The van der Waals surface area contributed by atoms with Crippen LogP contribution in [-0.4, -0.2) is 25.1 Å². The molecule has 1 aliphatic rings. The van der Waals surface area contributed by atoms with Gasteiger partial charge in [-0.25, -0.2) is 4.39 Å². The number of nitrogens with one attached hydrogen (secondary N) is 3. The van der Waals surface area contributed by atoms with E-state index in [-0.39, 0.29) is 11.1 Å². The van der Waals surface area contributed by atoms with Gasteiger partial charge >= 0.3 is 0 Å². The van der Waals surface area contributed by atoms with Crippen LogP contribution in [0.5, 0.6) is 0 Å². The lowest BCUT2D eigenvalue weighted by Crippen LogP contribution is -2.13. The predicted octanol–water partition coefficient (Wildman–Crippen LogP) is 4.74. The van der Waals surface area contributed by atoms with Crippen LogP contribution in [0.2, 0.25) is 5.02 Å². The summed E-state index contributed by atoms with van der Waals surface area (Å²) in [6.07, 6.45) is 3.07. The number of aromatic amines is 1. The van der Waals surface area contributed by atoms with E-state index in [0.29, 0.717) is 35.9 Å². The molecule has 0 bridgehead atoms. The number of rotatable bonds is 7. The van der Waals surface area contributed by atoms with E-state index in [1.807, 2.05) is 19.9 Å². The molecule has 1 unspecified atom stereocenters. The summed E-state index contributed by atoms with van der Waals surface area (Å²) in [7, 11) is 0. The van der Waals surface area contributed by atoms with Crippen molar-refractivity contribution in [3.63, 3.8) is 0 Å². The molecule has 1 fully saturated rings. The quantitative estimate of drug-likeness (QED) is 0.529. The molecule has 7 nitrogen and oxygen atoms in total. The van der Waals surface area contributed by atoms with E-state index in [2.05, 4.69) is 35.8 Å². The fourth-order valence-corrected chi connectivity index (χ4v) is 3.06. The molecule has 28 heavy (non-hydrogen) atoms. The molecule has 1 atom stereocenters.